The summed E-state index contributed by atoms with van der Waals surface area (Å²) >= 11 is 0. The summed E-state index contributed by atoms with van der Waals surface area (Å²) in [5, 5.41) is 3.33. The minimum absolute atomic E-state index is 0.147. The van der Waals surface area contributed by atoms with Crippen LogP contribution < -0.4 is 21.5 Å². The van der Waals surface area contributed by atoms with Gasteiger partial charge in [0.05, 0.1) is 10.9 Å². The monoisotopic (exact) mass is 468 g/mol. The molecule has 5 rings (SSSR count). The van der Waals surface area contributed by atoms with Crippen molar-refractivity contribution in [1.82, 2.24) is 14.5 Å². The molecule has 1 N–H and O–H groups in total. The number of rotatable bonds is 7. The molecular formula is C28H28N4O3. The minimum Gasteiger partial charge on any atom is -0.367 e. The molecule has 4 aromatic rings. The predicted octanol–water partition coefficient (Wildman–Crippen LogP) is 3.06. The fourth-order valence-electron chi connectivity index (χ4n) is 4.76. The molecule has 1 amide bonds. The van der Waals surface area contributed by atoms with Crippen LogP contribution in [0.1, 0.15) is 23.6 Å². The van der Waals surface area contributed by atoms with Gasteiger partial charge in [0, 0.05) is 31.9 Å². The van der Waals surface area contributed by atoms with Gasteiger partial charge in [-0.3, -0.25) is 18.7 Å². The highest BCUT2D eigenvalue weighted by Gasteiger charge is 2.18. The molecule has 35 heavy (non-hydrogen) atoms. The molecule has 0 spiro atoms. The molecule has 0 fully saturated rings. The van der Waals surface area contributed by atoms with Gasteiger partial charge in [0.25, 0.3) is 5.56 Å². The Bertz CT molecular complexity index is 1500. The first-order valence-electron chi connectivity index (χ1n) is 11.9. The number of nitrogens with one attached hydrogen (secondary N) is 1. The fraction of sp³-hybridized carbons (Fsp3) is 0.250. The summed E-state index contributed by atoms with van der Waals surface area (Å²) in [5.41, 5.74) is 4.57. The molecule has 0 radical (unpaired) electrons. The highest BCUT2D eigenvalue weighted by Crippen LogP contribution is 2.28. The van der Waals surface area contributed by atoms with E-state index in [0.29, 0.717) is 17.4 Å². The van der Waals surface area contributed by atoms with Gasteiger partial charge in [-0.1, -0.05) is 54.6 Å². The summed E-state index contributed by atoms with van der Waals surface area (Å²) in [4.78, 5) is 40.5. The largest absolute Gasteiger partial charge is 0.367 e. The molecule has 1 aliphatic rings. The molecule has 0 aliphatic carbocycles. The van der Waals surface area contributed by atoms with Crippen LogP contribution in [-0.4, -0.2) is 21.6 Å². The van der Waals surface area contributed by atoms with Crippen LogP contribution >= 0.6 is 0 Å². The van der Waals surface area contributed by atoms with Crippen molar-refractivity contribution in [2.75, 3.05) is 11.4 Å². The van der Waals surface area contributed by atoms with E-state index >= 15 is 0 Å². The Hall–Kier alpha value is -4.13. The number of amides is 1. The lowest BCUT2D eigenvalue weighted by Crippen LogP contribution is -2.42. The highest BCUT2D eigenvalue weighted by atomic mass is 16.2. The second-order valence-corrected chi connectivity index (χ2v) is 8.83. The number of carbonyl (C=O) groups excluding carboxylic acids is 1. The van der Waals surface area contributed by atoms with Gasteiger partial charge in [-0.2, -0.15) is 0 Å². The van der Waals surface area contributed by atoms with E-state index in [1.165, 1.54) is 21.4 Å². The minimum atomic E-state index is -0.473. The van der Waals surface area contributed by atoms with E-state index < -0.39 is 5.69 Å². The summed E-state index contributed by atoms with van der Waals surface area (Å²) in [6, 6.07) is 23.7. The van der Waals surface area contributed by atoms with E-state index in [9.17, 15) is 14.4 Å². The first-order valence-corrected chi connectivity index (χ1v) is 11.9. The lowest BCUT2D eigenvalue weighted by molar-refractivity contribution is -0.121. The van der Waals surface area contributed by atoms with Crippen molar-refractivity contribution in [2.24, 2.45) is 0 Å². The third kappa shape index (κ3) is 4.49. The van der Waals surface area contributed by atoms with E-state index in [4.69, 9.17) is 0 Å². The number of para-hydroxylation sites is 2. The van der Waals surface area contributed by atoms with Gasteiger partial charge < -0.3 is 10.2 Å². The fourth-order valence-corrected chi connectivity index (χ4v) is 4.76. The smallest absolute Gasteiger partial charge is 0.331 e. The molecular weight excluding hydrogens is 440 g/mol. The SMILES string of the molecule is CCn1c(=O)c2ccccc2n(CC(=O)NCc2ccc(CN3CCc4ccccc43)cc2)c1=O. The Morgan fingerprint density at radius 1 is 0.886 bits per heavy atom. The second kappa shape index (κ2) is 9.62. The maximum atomic E-state index is 12.8. The van der Waals surface area contributed by atoms with Gasteiger partial charge in [0.1, 0.15) is 6.54 Å². The van der Waals surface area contributed by atoms with Gasteiger partial charge >= 0.3 is 5.69 Å². The normalized spacial score (nSPS) is 12.7. The van der Waals surface area contributed by atoms with Crippen molar-refractivity contribution in [3.8, 4) is 0 Å². The van der Waals surface area contributed by atoms with Crippen LogP contribution in [-0.2, 0) is 37.4 Å². The molecule has 7 nitrogen and oxygen atoms in total. The summed E-state index contributed by atoms with van der Waals surface area (Å²) < 4.78 is 2.53. The molecule has 1 aromatic heterocycles. The summed E-state index contributed by atoms with van der Waals surface area (Å²) in [7, 11) is 0. The first-order chi connectivity index (χ1) is 17.0. The zero-order chi connectivity index (χ0) is 24.4. The molecule has 0 saturated heterocycles. The predicted molar refractivity (Wildman–Crippen MR) is 138 cm³/mol. The quantitative estimate of drug-likeness (QED) is 0.452. The summed E-state index contributed by atoms with van der Waals surface area (Å²) in [6.07, 6.45) is 1.08. The standard InChI is InChI=1S/C28H28N4O3/c1-2-31-27(34)23-8-4-6-10-25(23)32(28(31)35)19-26(33)29-17-20-11-13-21(14-12-20)18-30-16-15-22-7-3-5-9-24(22)30/h3-14H,2,15-19H2,1H3,(H,29,33). The number of benzene rings is 3. The van der Waals surface area contributed by atoms with Gasteiger partial charge in [0.15, 0.2) is 0 Å². The molecule has 1 aliphatic heterocycles. The number of anilines is 1. The topological polar surface area (TPSA) is 76.3 Å². The summed E-state index contributed by atoms with van der Waals surface area (Å²) in [5.74, 6) is -0.281. The zero-order valence-electron chi connectivity index (χ0n) is 19.7. The molecule has 0 atom stereocenters. The number of nitrogens with zero attached hydrogens (tertiary/aromatic N) is 3. The number of carbonyl (C=O) groups is 1. The van der Waals surface area contributed by atoms with Crippen molar-refractivity contribution < 1.29 is 4.79 Å². The Kier molecular flexibility index (Phi) is 6.23. The van der Waals surface area contributed by atoms with Gasteiger partial charge in [-0.25, -0.2) is 4.79 Å². The number of hydrogen-bond donors (Lipinski definition) is 1. The number of hydrogen-bond acceptors (Lipinski definition) is 4. The van der Waals surface area contributed by atoms with Crippen LogP contribution in [0, 0.1) is 0 Å². The molecule has 2 heterocycles. The average Bonchev–Trinajstić information content (AvgIpc) is 3.29. The maximum absolute atomic E-state index is 12.8. The molecule has 0 bridgehead atoms. The average molecular weight is 469 g/mol. The zero-order valence-corrected chi connectivity index (χ0v) is 19.7. The molecule has 178 valence electrons. The molecule has 0 unspecified atom stereocenters. The van der Waals surface area contributed by atoms with Crippen LogP contribution in [0.5, 0.6) is 0 Å². The van der Waals surface area contributed by atoms with E-state index in [0.717, 1.165) is 29.6 Å². The first kappa shape index (κ1) is 22.7. The highest BCUT2D eigenvalue weighted by molar-refractivity contribution is 5.81. The lowest BCUT2D eigenvalue weighted by Gasteiger charge is -2.19. The third-order valence-electron chi connectivity index (χ3n) is 6.62. The maximum Gasteiger partial charge on any atom is 0.331 e. The van der Waals surface area contributed by atoms with Gasteiger partial charge in [0.2, 0.25) is 5.91 Å². The van der Waals surface area contributed by atoms with E-state index in [1.54, 1.807) is 31.2 Å². The lowest BCUT2D eigenvalue weighted by atomic mass is 10.1. The Morgan fingerprint density at radius 3 is 2.40 bits per heavy atom. The summed E-state index contributed by atoms with van der Waals surface area (Å²) in [6.45, 7) is 4.09. The van der Waals surface area contributed by atoms with Gasteiger partial charge in [-0.15, -0.1) is 0 Å². The van der Waals surface area contributed by atoms with Crippen molar-refractivity contribution in [3.05, 3.63) is 110 Å². The van der Waals surface area contributed by atoms with Crippen molar-refractivity contribution in [1.29, 1.82) is 0 Å². The molecule has 0 saturated carbocycles. The Balaban J connectivity index is 1.24. The third-order valence-corrected chi connectivity index (χ3v) is 6.62. The van der Waals surface area contributed by atoms with Crippen LogP contribution in [0.2, 0.25) is 0 Å². The Morgan fingerprint density at radius 2 is 1.60 bits per heavy atom. The molecule has 7 heteroatoms. The molecule has 3 aromatic carbocycles. The Labute approximate surface area is 203 Å². The number of aromatic nitrogens is 2. The van der Waals surface area contributed by atoms with E-state index in [1.807, 2.05) is 12.1 Å². The van der Waals surface area contributed by atoms with Crippen LogP contribution in [0.15, 0.2) is 82.4 Å². The second-order valence-electron chi connectivity index (χ2n) is 8.83. The van der Waals surface area contributed by atoms with Gasteiger partial charge in [-0.05, 0) is 48.2 Å². The van der Waals surface area contributed by atoms with Crippen LogP contribution in [0.4, 0.5) is 5.69 Å². The van der Waals surface area contributed by atoms with Crippen molar-refractivity contribution >= 4 is 22.5 Å². The van der Waals surface area contributed by atoms with Crippen molar-refractivity contribution in [2.45, 2.75) is 39.5 Å². The van der Waals surface area contributed by atoms with Crippen molar-refractivity contribution in [3.63, 3.8) is 0 Å². The van der Waals surface area contributed by atoms with E-state index in [2.05, 4.69) is 46.6 Å². The number of fused-ring (bicyclic) bond motifs is 2. The van der Waals surface area contributed by atoms with Crippen LogP contribution in [0.3, 0.4) is 0 Å². The van der Waals surface area contributed by atoms with Crippen LogP contribution in [0.25, 0.3) is 10.9 Å². The van der Waals surface area contributed by atoms with E-state index in [-0.39, 0.29) is 24.6 Å².